The number of hydrogen-bond donors (Lipinski definition) is 4. The number of aliphatic hydroxyl groups is 1. The average Bonchev–Trinajstić information content (AvgIpc) is 2.31. The van der Waals surface area contributed by atoms with Crippen LogP contribution in [0.4, 0.5) is 0 Å². The van der Waals surface area contributed by atoms with Crippen molar-refractivity contribution in [1.82, 2.24) is 5.32 Å². The highest BCUT2D eigenvalue weighted by Gasteiger charge is 2.15. The number of benzene rings is 1. The van der Waals surface area contributed by atoms with Gasteiger partial charge >= 0.3 is 0 Å². The molecule has 1 rings (SSSR count). The zero-order chi connectivity index (χ0) is 13.0. The summed E-state index contributed by atoms with van der Waals surface area (Å²) in [5, 5.41) is 30.0. The number of rotatable bonds is 4. The first-order valence-corrected chi connectivity index (χ1v) is 5.39. The van der Waals surface area contributed by atoms with E-state index in [0.29, 0.717) is 0 Å². The van der Waals surface area contributed by atoms with Crippen LogP contribution in [0, 0.1) is 5.92 Å². The molecule has 0 aliphatic carbocycles. The van der Waals surface area contributed by atoms with Gasteiger partial charge in [0.2, 0.25) is 0 Å². The molecule has 1 amide bonds. The fourth-order valence-corrected chi connectivity index (χ4v) is 1.26. The molecule has 5 nitrogen and oxygen atoms in total. The number of carbonyl (C=O) groups is 1. The summed E-state index contributed by atoms with van der Waals surface area (Å²) in [6, 6.07) is 3.69. The van der Waals surface area contributed by atoms with Gasteiger partial charge in [0.25, 0.3) is 5.91 Å². The van der Waals surface area contributed by atoms with Gasteiger partial charge in [0, 0.05) is 18.2 Å². The third-order valence-electron chi connectivity index (χ3n) is 2.74. The second-order valence-corrected chi connectivity index (χ2v) is 4.13. The maximum Gasteiger partial charge on any atom is 0.251 e. The third kappa shape index (κ3) is 3.35. The number of aliphatic hydroxyl groups excluding tert-OH is 1. The van der Waals surface area contributed by atoms with Gasteiger partial charge in [-0.3, -0.25) is 4.79 Å². The smallest absolute Gasteiger partial charge is 0.251 e. The summed E-state index contributed by atoms with van der Waals surface area (Å²) in [6.07, 6.45) is 0. The van der Waals surface area contributed by atoms with E-state index in [1.807, 2.05) is 6.92 Å². The number of phenolic OH excluding ortho intramolecular Hbond substituents is 2. The molecule has 0 saturated carbocycles. The van der Waals surface area contributed by atoms with E-state index < -0.39 is 0 Å². The average molecular weight is 239 g/mol. The van der Waals surface area contributed by atoms with Gasteiger partial charge in [0.05, 0.1) is 0 Å². The van der Waals surface area contributed by atoms with Crippen molar-refractivity contribution in [1.29, 1.82) is 0 Å². The van der Waals surface area contributed by atoms with Crippen LogP contribution >= 0.6 is 0 Å². The van der Waals surface area contributed by atoms with Crippen LogP contribution in [-0.2, 0) is 0 Å². The van der Waals surface area contributed by atoms with Crippen molar-refractivity contribution < 1.29 is 20.1 Å². The predicted octanol–water partition coefficient (Wildman–Crippen LogP) is 0.845. The Hall–Kier alpha value is -1.75. The van der Waals surface area contributed by atoms with E-state index in [9.17, 15) is 9.90 Å². The van der Waals surface area contributed by atoms with E-state index in [1.54, 1.807) is 6.92 Å². The molecule has 0 bridgehead atoms. The fourth-order valence-electron chi connectivity index (χ4n) is 1.26. The van der Waals surface area contributed by atoms with Crippen LogP contribution in [0.25, 0.3) is 0 Å². The van der Waals surface area contributed by atoms with Crippen LogP contribution < -0.4 is 5.32 Å². The van der Waals surface area contributed by atoms with Crippen molar-refractivity contribution in [3.05, 3.63) is 23.8 Å². The monoisotopic (exact) mass is 239 g/mol. The molecule has 17 heavy (non-hydrogen) atoms. The number of hydrogen-bond acceptors (Lipinski definition) is 4. The van der Waals surface area contributed by atoms with Gasteiger partial charge < -0.3 is 20.6 Å². The molecule has 0 aromatic heterocycles. The number of carbonyl (C=O) groups excluding carboxylic acids is 1. The lowest BCUT2D eigenvalue weighted by Crippen LogP contribution is -2.38. The Balaban J connectivity index is 2.73. The molecular formula is C12H17NO4. The summed E-state index contributed by atoms with van der Waals surface area (Å²) in [7, 11) is 0. The van der Waals surface area contributed by atoms with Crippen molar-refractivity contribution in [2.24, 2.45) is 5.92 Å². The predicted molar refractivity (Wildman–Crippen MR) is 62.9 cm³/mol. The molecule has 2 unspecified atom stereocenters. The van der Waals surface area contributed by atoms with Gasteiger partial charge in [0.15, 0.2) is 11.5 Å². The van der Waals surface area contributed by atoms with E-state index in [2.05, 4.69) is 5.32 Å². The van der Waals surface area contributed by atoms with E-state index in [1.165, 1.54) is 18.2 Å². The molecule has 0 fully saturated rings. The van der Waals surface area contributed by atoms with Gasteiger partial charge in [-0.2, -0.15) is 0 Å². The zero-order valence-electron chi connectivity index (χ0n) is 9.84. The van der Waals surface area contributed by atoms with Crippen molar-refractivity contribution in [2.45, 2.75) is 19.9 Å². The SMILES string of the molecule is CC(CO)C(C)NC(=O)c1ccc(O)c(O)c1. The van der Waals surface area contributed by atoms with E-state index >= 15 is 0 Å². The van der Waals surface area contributed by atoms with Crippen LogP contribution in [0.3, 0.4) is 0 Å². The van der Waals surface area contributed by atoms with Crippen LogP contribution in [0.15, 0.2) is 18.2 Å². The Morgan fingerprint density at radius 1 is 1.29 bits per heavy atom. The first-order chi connectivity index (χ1) is 7.95. The van der Waals surface area contributed by atoms with Crippen molar-refractivity contribution >= 4 is 5.91 Å². The van der Waals surface area contributed by atoms with Gasteiger partial charge in [0.1, 0.15) is 0 Å². The summed E-state index contributed by atoms with van der Waals surface area (Å²) >= 11 is 0. The molecule has 0 saturated heterocycles. The topological polar surface area (TPSA) is 89.8 Å². The van der Waals surface area contributed by atoms with Crippen LogP contribution in [-0.4, -0.2) is 33.9 Å². The van der Waals surface area contributed by atoms with Crippen molar-refractivity contribution in [3.63, 3.8) is 0 Å². The normalized spacial score (nSPS) is 14.1. The standard InChI is InChI=1S/C12H17NO4/c1-7(6-14)8(2)13-12(17)9-3-4-10(15)11(16)5-9/h3-5,7-8,14-16H,6H2,1-2H3,(H,13,17). The number of amides is 1. The molecule has 2 atom stereocenters. The molecule has 0 radical (unpaired) electrons. The van der Waals surface area contributed by atoms with Gasteiger partial charge in [-0.1, -0.05) is 6.92 Å². The minimum absolute atomic E-state index is 0.0116. The Morgan fingerprint density at radius 3 is 2.47 bits per heavy atom. The minimum atomic E-state index is -0.354. The summed E-state index contributed by atoms with van der Waals surface area (Å²) in [6.45, 7) is 3.60. The Morgan fingerprint density at radius 2 is 1.94 bits per heavy atom. The molecule has 94 valence electrons. The summed E-state index contributed by atoms with van der Waals surface area (Å²) in [4.78, 5) is 11.8. The Bertz CT molecular complexity index is 405. The Labute approximate surface area is 99.7 Å². The zero-order valence-corrected chi connectivity index (χ0v) is 9.84. The highest BCUT2D eigenvalue weighted by molar-refractivity contribution is 5.95. The molecule has 5 heteroatoms. The van der Waals surface area contributed by atoms with E-state index in [4.69, 9.17) is 10.2 Å². The second-order valence-electron chi connectivity index (χ2n) is 4.13. The lowest BCUT2D eigenvalue weighted by atomic mass is 10.0. The molecule has 0 heterocycles. The van der Waals surface area contributed by atoms with E-state index in [-0.39, 0.29) is 41.5 Å². The quantitative estimate of drug-likeness (QED) is 0.586. The summed E-state index contributed by atoms with van der Waals surface area (Å²) in [5.74, 6) is -1.00. The third-order valence-corrected chi connectivity index (χ3v) is 2.74. The fraction of sp³-hybridized carbons (Fsp3) is 0.417. The molecule has 4 N–H and O–H groups in total. The van der Waals surface area contributed by atoms with Gasteiger partial charge in [-0.15, -0.1) is 0 Å². The lowest BCUT2D eigenvalue weighted by molar-refractivity contribution is 0.0916. The maximum absolute atomic E-state index is 11.8. The number of phenols is 2. The van der Waals surface area contributed by atoms with Crippen molar-refractivity contribution in [3.8, 4) is 11.5 Å². The van der Waals surface area contributed by atoms with Crippen molar-refractivity contribution in [2.75, 3.05) is 6.61 Å². The first-order valence-electron chi connectivity index (χ1n) is 5.39. The highest BCUT2D eigenvalue weighted by Crippen LogP contribution is 2.24. The van der Waals surface area contributed by atoms with Gasteiger partial charge in [-0.05, 0) is 31.0 Å². The minimum Gasteiger partial charge on any atom is -0.504 e. The molecular weight excluding hydrogens is 222 g/mol. The number of nitrogens with one attached hydrogen (secondary N) is 1. The Kier molecular flexibility index (Phi) is 4.34. The first kappa shape index (κ1) is 13.3. The second kappa shape index (κ2) is 5.54. The molecule has 0 aliphatic heterocycles. The lowest BCUT2D eigenvalue weighted by Gasteiger charge is -2.19. The molecule has 1 aromatic rings. The van der Waals surface area contributed by atoms with Crippen LogP contribution in [0.5, 0.6) is 11.5 Å². The van der Waals surface area contributed by atoms with E-state index in [0.717, 1.165) is 0 Å². The molecule has 1 aromatic carbocycles. The van der Waals surface area contributed by atoms with Crippen LogP contribution in [0.1, 0.15) is 24.2 Å². The van der Waals surface area contributed by atoms with Crippen LogP contribution in [0.2, 0.25) is 0 Å². The molecule has 0 aliphatic rings. The highest BCUT2D eigenvalue weighted by atomic mass is 16.3. The number of aromatic hydroxyl groups is 2. The van der Waals surface area contributed by atoms with Gasteiger partial charge in [-0.25, -0.2) is 0 Å². The molecule has 0 spiro atoms. The summed E-state index contributed by atoms with van der Waals surface area (Å²) < 4.78 is 0. The largest absolute Gasteiger partial charge is 0.504 e. The maximum atomic E-state index is 11.8. The summed E-state index contributed by atoms with van der Waals surface area (Å²) in [5.41, 5.74) is 0.261.